The second-order valence-corrected chi connectivity index (χ2v) is 16.1. The largest absolute Gasteiger partial charge is 0.0985 e. The number of hydrogen-bond acceptors (Lipinski definition) is 0. The molecule has 0 heterocycles. The Morgan fingerprint density at radius 3 is 1.43 bits per heavy atom. The lowest BCUT2D eigenvalue weighted by Gasteiger charge is -2.63. The van der Waals surface area contributed by atoms with E-state index in [9.17, 15) is 0 Å². The standard InChI is InChI=1S/C49H40/c1-2-32-15-20-37(21-16-32)47-27-33-25-34(28-47)30-48(29-33,31-47)38-22-17-35(18-23-38)36-19-24-42-41-11-5-8-14-45(41)49(46(42)26-36)43-12-6-3-9-39(43)40-10-4-7-13-44(40)49/h2-24,26,33-34H,1,25,27-31H2. The van der Waals surface area contributed by atoms with Gasteiger partial charge in [0.2, 0.25) is 0 Å². The average molecular weight is 629 g/mol. The first-order valence-corrected chi connectivity index (χ1v) is 18.4. The summed E-state index contributed by atoms with van der Waals surface area (Å²) in [6, 6.07) is 53.9. The number of rotatable bonds is 4. The van der Waals surface area contributed by atoms with E-state index in [0.29, 0.717) is 10.8 Å². The third kappa shape index (κ3) is 3.65. The predicted molar refractivity (Wildman–Crippen MR) is 203 cm³/mol. The van der Waals surface area contributed by atoms with Gasteiger partial charge in [-0.3, -0.25) is 0 Å². The average Bonchev–Trinajstić information content (AvgIpc) is 3.62. The molecule has 49 heavy (non-hydrogen) atoms. The summed E-state index contributed by atoms with van der Waals surface area (Å²) in [4.78, 5) is 0. The van der Waals surface area contributed by atoms with Crippen molar-refractivity contribution in [2.75, 3.05) is 0 Å². The van der Waals surface area contributed by atoms with Gasteiger partial charge in [-0.1, -0.05) is 146 Å². The van der Waals surface area contributed by atoms with Gasteiger partial charge >= 0.3 is 0 Å². The molecule has 0 radical (unpaired) electrons. The van der Waals surface area contributed by atoms with Crippen LogP contribution in [0.15, 0.2) is 146 Å². The highest BCUT2D eigenvalue weighted by Crippen LogP contribution is 2.67. The van der Waals surface area contributed by atoms with E-state index in [4.69, 9.17) is 0 Å². The Labute approximate surface area is 290 Å². The molecule has 0 saturated heterocycles. The Morgan fingerprint density at radius 1 is 0.469 bits per heavy atom. The van der Waals surface area contributed by atoms with Gasteiger partial charge in [-0.2, -0.15) is 0 Å². The van der Waals surface area contributed by atoms with Crippen LogP contribution in [0.4, 0.5) is 0 Å². The quantitative estimate of drug-likeness (QED) is 0.182. The summed E-state index contributed by atoms with van der Waals surface area (Å²) in [5.74, 6) is 1.68. The lowest BCUT2D eigenvalue weighted by molar-refractivity contribution is -0.0281. The lowest BCUT2D eigenvalue weighted by Crippen LogP contribution is -2.55. The number of benzene rings is 6. The van der Waals surface area contributed by atoms with Gasteiger partial charge in [0.05, 0.1) is 5.41 Å². The van der Waals surface area contributed by atoms with Crippen molar-refractivity contribution in [2.45, 2.75) is 54.8 Å². The Balaban J connectivity index is 1.01. The van der Waals surface area contributed by atoms with E-state index in [1.807, 2.05) is 6.08 Å². The molecule has 6 aromatic carbocycles. The summed E-state index contributed by atoms with van der Waals surface area (Å²) in [7, 11) is 0. The second kappa shape index (κ2) is 9.82. The molecule has 12 rings (SSSR count). The molecule has 6 aliphatic carbocycles. The normalized spacial score (nSPS) is 25.9. The molecule has 0 amide bonds. The van der Waals surface area contributed by atoms with Crippen LogP contribution in [-0.4, -0.2) is 0 Å². The fraction of sp³-hybridized carbons (Fsp3) is 0.224. The molecule has 1 spiro atoms. The SMILES string of the molecule is C=Cc1ccc(C23CC4CC(C2)CC(c2ccc(-c5ccc6c(c5)C5(c7ccccc7-c7ccccc75)c5ccccc5-6)cc2)(C4)C3)cc1. The van der Waals surface area contributed by atoms with Crippen LogP contribution in [0.1, 0.15) is 77.5 Å². The van der Waals surface area contributed by atoms with Crippen LogP contribution in [0.5, 0.6) is 0 Å². The molecule has 0 N–H and O–H groups in total. The maximum atomic E-state index is 4.00. The Kier molecular flexibility index (Phi) is 5.60. The maximum absolute atomic E-state index is 4.00. The zero-order chi connectivity index (χ0) is 32.4. The first-order chi connectivity index (χ1) is 24.1. The van der Waals surface area contributed by atoms with Crippen LogP contribution in [-0.2, 0) is 16.2 Å². The minimum atomic E-state index is -0.299. The van der Waals surface area contributed by atoms with Gasteiger partial charge in [-0.05, 0) is 140 Å². The van der Waals surface area contributed by atoms with E-state index in [1.54, 1.807) is 11.1 Å². The Morgan fingerprint density at radius 2 is 0.918 bits per heavy atom. The van der Waals surface area contributed by atoms with Gasteiger partial charge in [0.25, 0.3) is 0 Å². The Bertz CT molecular complexity index is 2240. The Hall–Kier alpha value is -4.94. The summed E-state index contributed by atoms with van der Waals surface area (Å²) >= 11 is 0. The lowest BCUT2D eigenvalue weighted by atomic mass is 9.41. The van der Waals surface area contributed by atoms with Gasteiger partial charge in [0.15, 0.2) is 0 Å². The smallest absolute Gasteiger partial charge is 0.0725 e. The van der Waals surface area contributed by atoms with E-state index in [1.165, 1.54) is 99.7 Å². The van der Waals surface area contributed by atoms with Crippen molar-refractivity contribution in [3.05, 3.63) is 185 Å². The summed E-state index contributed by atoms with van der Waals surface area (Å²) in [5, 5.41) is 0. The molecule has 6 aromatic rings. The summed E-state index contributed by atoms with van der Waals surface area (Å²) in [6.45, 7) is 4.00. The topological polar surface area (TPSA) is 0 Å². The molecule has 0 aliphatic heterocycles. The third-order valence-electron chi connectivity index (χ3n) is 13.6. The van der Waals surface area contributed by atoms with Gasteiger partial charge in [-0.15, -0.1) is 0 Å². The molecule has 0 aromatic heterocycles. The molecule has 2 atom stereocenters. The highest BCUT2D eigenvalue weighted by molar-refractivity contribution is 5.95. The number of fused-ring (bicyclic) bond motifs is 10. The van der Waals surface area contributed by atoms with Crippen molar-refractivity contribution in [2.24, 2.45) is 11.8 Å². The van der Waals surface area contributed by atoms with Crippen LogP contribution in [0.3, 0.4) is 0 Å². The van der Waals surface area contributed by atoms with E-state index in [0.717, 1.165) is 11.8 Å². The molecule has 6 aliphatic rings. The monoisotopic (exact) mass is 628 g/mol. The summed E-state index contributed by atoms with van der Waals surface area (Å²) in [5.41, 5.74) is 18.4. The van der Waals surface area contributed by atoms with Crippen molar-refractivity contribution in [1.29, 1.82) is 0 Å². The maximum Gasteiger partial charge on any atom is 0.0725 e. The molecule has 2 unspecified atom stereocenters. The van der Waals surface area contributed by atoms with Crippen LogP contribution >= 0.6 is 0 Å². The van der Waals surface area contributed by atoms with Gasteiger partial charge in [0, 0.05) is 0 Å². The second-order valence-electron chi connectivity index (χ2n) is 16.1. The molecule has 4 saturated carbocycles. The van der Waals surface area contributed by atoms with Crippen molar-refractivity contribution in [3.8, 4) is 33.4 Å². The minimum absolute atomic E-state index is 0.292. The van der Waals surface area contributed by atoms with Crippen LogP contribution in [0, 0.1) is 11.8 Å². The predicted octanol–water partition coefficient (Wildman–Crippen LogP) is 12.1. The zero-order valence-corrected chi connectivity index (χ0v) is 28.0. The summed E-state index contributed by atoms with van der Waals surface area (Å²) < 4.78 is 0. The van der Waals surface area contributed by atoms with E-state index < -0.39 is 0 Å². The van der Waals surface area contributed by atoms with Gasteiger partial charge in [0.1, 0.15) is 0 Å². The third-order valence-corrected chi connectivity index (χ3v) is 13.6. The first kappa shape index (κ1) is 28.0. The molecule has 4 fully saturated rings. The molecule has 4 bridgehead atoms. The number of hydrogen-bond donors (Lipinski definition) is 0. The van der Waals surface area contributed by atoms with Crippen molar-refractivity contribution >= 4 is 6.08 Å². The molecular weight excluding hydrogens is 589 g/mol. The highest BCUT2D eigenvalue weighted by atomic mass is 14.6. The van der Waals surface area contributed by atoms with Gasteiger partial charge < -0.3 is 0 Å². The van der Waals surface area contributed by atoms with Gasteiger partial charge in [-0.25, -0.2) is 0 Å². The zero-order valence-electron chi connectivity index (χ0n) is 28.0. The molecule has 236 valence electrons. The van der Waals surface area contributed by atoms with Crippen molar-refractivity contribution < 1.29 is 0 Å². The fourth-order valence-electron chi connectivity index (χ4n) is 12.2. The minimum Gasteiger partial charge on any atom is -0.0985 e. The van der Waals surface area contributed by atoms with Crippen LogP contribution in [0.2, 0.25) is 0 Å². The van der Waals surface area contributed by atoms with E-state index >= 15 is 0 Å². The fourth-order valence-corrected chi connectivity index (χ4v) is 12.2. The molecule has 0 heteroatoms. The van der Waals surface area contributed by atoms with Crippen molar-refractivity contribution in [3.63, 3.8) is 0 Å². The van der Waals surface area contributed by atoms with E-state index in [2.05, 4.69) is 146 Å². The van der Waals surface area contributed by atoms with Crippen LogP contribution in [0.25, 0.3) is 39.5 Å². The van der Waals surface area contributed by atoms with Crippen LogP contribution < -0.4 is 0 Å². The van der Waals surface area contributed by atoms with Crippen molar-refractivity contribution in [1.82, 2.24) is 0 Å². The van der Waals surface area contributed by atoms with E-state index in [-0.39, 0.29) is 5.41 Å². The molecule has 0 nitrogen and oxygen atoms in total. The first-order valence-electron chi connectivity index (χ1n) is 18.4. The molecular formula is C49H40. The summed E-state index contributed by atoms with van der Waals surface area (Å²) in [6.07, 6.45) is 10.1. The highest BCUT2D eigenvalue weighted by Gasteiger charge is 2.58.